The maximum atomic E-state index is 12.3. The van der Waals surface area contributed by atoms with Gasteiger partial charge in [-0.05, 0) is 43.8 Å². The van der Waals surface area contributed by atoms with Crippen LogP contribution in [0.5, 0.6) is 0 Å². The number of carbonyl (C=O) groups excluding carboxylic acids is 1. The van der Waals surface area contributed by atoms with E-state index in [1.165, 1.54) is 18.4 Å². The lowest BCUT2D eigenvalue weighted by Crippen LogP contribution is -2.39. The molecule has 2 rings (SSSR count). The van der Waals surface area contributed by atoms with Crippen molar-refractivity contribution >= 4 is 5.91 Å². The van der Waals surface area contributed by atoms with Crippen LogP contribution in [0.2, 0.25) is 0 Å². The van der Waals surface area contributed by atoms with Crippen molar-refractivity contribution in [2.24, 2.45) is 11.7 Å². The Morgan fingerprint density at radius 2 is 2.05 bits per heavy atom. The fourth-order valence-corrected chi connectivity index (χ4v) is 2.19. The summed E-state index contributed by atoms with van der Waals surface area (Å²) in [7, 11) is 0. The number of benzene rings is 1. The van der Waals surface area contributed by atoms with Crippen molar-refractivity contribution in [1.29, 1.82) is 0 Å². The molecule has 0 saturated heterocycles. The Labute approximate surface area is 121 Å². The Morgan fingerprint density at radius 1 is 1.30 bits per heavy atom. The second-order valence-electron chi connectivity index (χ2n) is 5.52. The van der Waals surface area contributed by atoms with E-state index in [1.54, 1.807) is 0 Å². The van der Waals surface area contributed by atoms with Crippen LogP contribution in [0.1, 0.15) is 24.8 Å². The van der Waals surface area contributed by atoms with E-state index in [4.69, 9.17) is 5.73 Å². The average Bonchev–Trinajstić information content (AvgIpc) is 3.28. The minimum Gasteiger partial charge on any atom is -0.337 e. The minimum absolute atomic E-state index is 0.169. The van der Waals surface area contributed by atoms with Gasteiger partial charge in [-0.1, -0.05) is 30.3 Å². The molecule has 1 aliphatic rings. The van der Waals surface area contributed by atoms with Gasteiger partial charge in [0, 0.05) is 13.1 Å². The summed E-state index contributed by atoms with van der Waals surface area (Å²) >= 11 is 0. The molecule has 3 N–H and O–H groups in total. The largest absolute Gasteiger partial charge is 0.337 e. The Hall–Kier alpha value is -1.39. The molecule has 1 fully saturated rings. The van der Waals surface area contributed by atoms with Crippen molar-refractivity contribution in [2.75, 3.05) is 26.2 Å². The summed E-state index contributed by atoms with van der Waals surface area (Å²) in [6, 6.07) is 10.1. The molecule has 0 spiro atoms. The van der Waals surface area contributed by atoms with Gasteiger partial charge in [0.05, 0.1) is 6.54 Å². The molecular formula is C16H25N3O. The van der Waals surface area contributed by atoms with E-state index in [2.05, 4.69) is 17.4 Å². The second-order valence-corrected chi connectivity index (χ2v) is 5.52. The number of amides is 1. The Kier molecular flexibility index (Phi) is 6.02. The molecule has 0 aromatic heterocycles. The molecule has 20 heavy (non-hydrogen) atoms. The lowest BCUT2D eigenvalue weighted by atomic mass is 10.2. The summed E-state index contributed by atoms with van der Waals surface area (Å²) in [5, 5.41) is 3.27. The van der Waals surface area contributed by atoms with Crippen molar-refractivity contribution in [2.45, 2.75) is 25.8 Å². The molecule has 0 atom stereocenters. The van der Waals surface area contributed by atoms with Crippen LogP contribution in [-0.4, -0.2) is 37.0 Å². The quantitative estimate of drug-likeness (QED) is 0.715. The third kappa shape index (κ3) is 5.31. The molecule has 4 nitrogen and oxygen atoms in total. The first-order valence-electron chi connectivity index (χ1n) is 7.52. The van der Waals surface area contributed by atoms with Crippen LogP contribution in [-0.2, 0) is 11.3 Å². The second kappa shape index (κ2) is 8.02. The van der Waals surface area contributed by atoms with E-state index in [-0.39, 0.29) is 5.91 Å². The van der Waals surface area contributed by atoms with Gasteiger partial charge >= 0.3 is 0 Å². The van der Waals surface area contributed by atoms with Crippen LogP contribution in [0.25, 0.3) is 0 Å². The number of nitrogens with zero attached hydrogens (tertiary/aromatic N) is 1. The third-order valence-electron chi connectivity index (χ3n) is 3.61. The van der Waals surface area contributed by atoms with Crippen LogP contribution < -0.4 is 11.1 Å². The van der Waals surface area contributed by atoms with Crippen LogP contribution in [0.15, 0.2) is 30.3 Å². The fourth-order valence-electron chi connectivity index (χ4n) is 2.19. The highest BCUT2D eigenvalue weighted by atomic mass is 16.2. The van der Waals surface area contributed by atoms with E-state index >= 15 is 0 Å². The molecule has 110 valence electrons. The summed E-state index contributed by atoms with van der Waals surface area (Å²) in [5.41, 5.74) is 6.73. The molecule has 0 radical (unpaired) electrons. The van der Waals surface area contributed by atoms with E-state index in [0.717, 1.165) is 25.4 Å². The van der Waals surface area contributed by atoms with Gasteiger partial charge in [0.15, 0.2) is 0 Å². The van der Waals surface area contributed by atoms with Crippen molar-refractivity contribution in [3.05, 3.63) is 35.9 Å². The molecule has 1 aromatic carbocycles. The van der Waals surface area contributed by atoms with E-state index < -0.39 is 0 Å². The highest BCUT2D eigenvalue weighted by molar-refractivity contribution is 5.78. The van der Waals surface area contributed by atoms with Crippen molar-refractivity contribution in [3.8, 4) is 0 Å². The first-order chi connectivity index (χ1) is 9.79. The monoisotopic (exact) mass is 275 g/mol. The molecule has 1 saturated carbocycles. The number of carbonyl (C=O) groups is 1. The number of hydrogen-bond acceptors (Lipinski definition) is 3. The summed E-state index contributed by atoms with van der Waals surface area (Å²) in [4.78, 5) is 14.2. The fraction of sp³-hybridized carbons (Fsp3) is 0.562. The van der Waals surface area contributed by atoms with Crippen LogP contribution >= 0.6 is 0 Å². The molecule has 1 amide bonds. The summed E-state index contributed by atoms with van der Waals surface area (Å²) in [5.74, 6) is 0.970. The van der Waals surface area contributed by atoms with Crippen molar-refractivity contribution in [3.63, 3.8) is 0 Å². The first-order valence-corrected chi connectivity index (χ1v) is 7.52. The number of nitrogens with one attached hydrogen (secondary N) is 1. The predicted octanol–water partition coefficient (Wildman–Crippen LogP) is 1.36. The summed E-state index contributed by atoms with van der Waals surface area (Å²) in [6.07, 6.45) is 3.46. The zero-order valence-electron chi connectivity index (χ0n) is 12.1. The minimum atomic E-state index is 0.169. The molecular weight excluding hydrogens is 250 g/mol. The van der Waals surface area contributed by atoms with E-state index in [1.807, 2.05) is 23.1 Å². The maximum absolute atomic E-state index is 12.3. The van der Waals surface area contributed by atoms with E-state index in [0.29, 0.717) is 19.6 Å². The summed E-state index contributed by atoms with van der Waals surface area (Å²) in [6.45, 7) is 3.43. The highest BCUT2D eigenvalue weighted by Crippen LogP contribution is 2.27. The number of nitrogens with two attached hydrogens (primary N) is 1. The van der Waals surface area contributed by atoms with Gasteiger partial charge in [-0.3, -0.25) is 4.79 Å². The highest BCUT2D eigenvalue weighted by Gasteiger charge is 2.21. The van der Waals surface area contributed by atoms with Gasteiger partial charge in [0.25, 0.3) is 0 Å². The number of hydrogen-bond donors (Lipinski definition) is 2. The number of rotatable bonds is 9. The van der Waals surface area contributed by atoms with Gasteiger partial charge in [0.2, 0.25) is 5.91 Å². The Bertz CT molecular complexity index is 403. The molecule has 0 aliphatic heterocycles. The average molecular weight is 275 g/mol. The molecule has 0 heterocycles. The smallest absolute Gasteiger partial charge is 0.236 e. The van der Waals surface area contributed by atoms with Crippen LogP contribution in [0, 0.1) is 5.92 Å². The van der Waals surface area contributed by atoms with Gasteiger partial charge < -0.3 is 16.0 Å². The van der Waals surface area contributed by atoms with Gasteiger partial charge in [-0.15, -0.1) is 0 Å². The van der Waals surface area contributed by atoms with Crippen molar-refractivity contribution < 1.29 is 4.79 Å². The van der Waals surface area contributed by atoms with Crippen LogP contribution in [0.4, 0.5) is 0 Å². The topological polar surface area (TPSA) is 58.4 Å². The zero-order chi connectivity index (χ0) is 14.2. The molecule has 0 bridgehead atoms. The van der Waals surface area contributed by atoms with Crippen LogP contribution in [0.3, 0.4) is 0 Å². The molecule has 1 aliphatic carbocycles. The van der Waals surface area contributed by atoms with E-state index in [9.17, 15) is 4.79 Å². The first kappa shape index (κ1) is 15.0. The molecule has 4 heteroatoms. The standard InChI is InChI=1S/C16H25N3O/c17-9-4-10-19(13-15-5-2-1-3-6-15)16(20)12-18-11-14-7-8-14/h1-3,5-6,14,18H,4,7-13,17H2. The van der Waals surface area contributed by atoms with Gasteiger partial charge in [-0.25, -0.2) is 0 Å². The van der Waals surface area contributed by atoms with Crippen molar-refractivity contribution in [1.82, 2.24) is 10.2 Å². The molecule has 1 aromatic rings. The lowest BCUT2D eigenvalue weighted by molar-refractivity contribution is -0.130. The zero-order valence-corrected chi connectivity index (χ0v) is 12.1. The Balaban J connectivity index is 1.82. The molecule has 0 unspecified atom stereocenters. The third-order valence-corrected chi connectivity index (χ3v) is 3.61. The predicted molar refractivity (Wildman–Crippen MR) is 81.1 cm³/mol. The van der Waals surface area contributed by atoms with Gasteiger partial charge in [-0.2, -0.15) is 0 Å². The normalized spacial score (nSPS) is 14.2. The SMILES string of the molecule is NCCCN(Cc1ccccc1)C(=O)CNCC1CC1. The maximum Gasteiger partial charge on any atom is 0.236 e. The van der Waals surface area contributed by atoms with Gasteiger partial charge in [0.1, 0.15) is 0 Å². The Morgan fingerprint density at radius 3 is 2.70 bits per heavy atom. The lowest BCUT2D eigenvalue weighted by Gasteiger charge is -2.23. The summed E-state index contributed by atoms with van der Waals surface area (Å²) < 4.78 is 0.